The first-order chi connectivity index (χ1) is 7.54. The standard InChI is InChI=1S/C10H10INO4/c11-7-3-1-2-6(4-7)9(14)12-8(5-13)10(15)16/h1-4,8,13H,5H2,(H,12,14)(H,15,16). The molecule has 1 aromatic carbocycles. The van der Waals surface area contributed by atoms with E-state index in [4.69, 9.17) is 10.2 Å². The third-order valence-electron chi connectivity index (χ3n) is 1.87. The number of carbonyl (C=O) groups excluding carboxylic acids is 1. The van der Waals surface area contributed by atoms with Crippen molar-refractivity contribution in [1.29, 1.82) is 0 Å². The minimum Gasteiger partial charge on any atom is -0.480 e. The Morgan fingerprint density at radius 2 is 2.12 bits per heavy atom. The van der Waals surface area contributed by atoms with Crippen molar-refractivity contribution in [2.45, 2.75) is 6.04 Å². The van der Waals surface area contributed by atoms with Crippen molar-refractivity contribution in [3.63, 3.8) is 0 Å². The van der Waals surface area contributed by atoms with E-state index in [0.717, 1.165) is 3.57 Å². The quantitative estimate of drug-likeness (QED) is 0.698. The Balaban J connectivity index is 2.75. The van der Waals surface area contributed by atoms with Crippen LogP contribution in [0, 0.1) is 3.57 Å². The summed E-state index contributed by atoms with van der Waals surface area (Å²) in [5.41, 5.74) is 0.367. The fraction of sp³-hybridized carbons (Fsp3) is 0.200. The van der Waals surface area contributed by atoms with Crippen LogP contribution in [-0.2, 0) is 4.79 Å². The average Bonchev–Trinajstić information content (AvgIpc) is 2.25. The third kappa shape index (κ3) is 3.46. The average molecular weight is 335 g/mol. The smallest absolute Gasteiger partial charge is 0.328 e. The Morgan fingerprint density at radius 3 is 2.62 bits per heavy atom. The summed E-state index contributed by atoms with van der Waals surface area (Å²) in [7, 11) is 0. The third-order valence-corrected chi connectivity index (χ3v) is 2.54. The molecular weight excluding hydrogens is 325 g/mol. The van der Waals surface area contributed by atoms with Gasteiger partial charge in [0.1, 0.15) is 0 Å². The molecule has 0 heterocycles. The molecule has 0 bridgehead atoms. The molecule has 0 aromatic heterocycles. The predicted molar refractivity (Wildman–Crippen MR) is 65.1 cm³/mol. The lowest BCUT2D eigenvalue weighted by Crippen LogP contribution is -2.43. The number of rotatable bonds is 4. The van der Waals surface area contributed by atoms with E-state index < -0.39 is 24.5 Å². The van der Waals surface area contributed by atoms with Gasteiger partial charge in [0, 0.05) is 9.13 Å². The summed E-state index contributed by atoms with van der Waals surface area (Å²) in [5.74, 6) is -1.78. The summed E-state index contributed by atoms with van der Waals surface area (Å²) < 4.78 is 0.876. The van der Waals surface area contributed by atoms with E-state index in [2.05, 4.69) is 5.32 Å². The van der Waals surface area contributed by atoms with E-state index in [1.165, 1.54) is 0 Å². The van der Waals surface area contributed by atoms with E-state index >= 15 is 0 Å². The summed E-state index contributed by atoms with van der Waals surface area (Å²) in [6, 6.07) is 5.45. The molecule has 1 rings (SSSR count). The van der Waals surface area contributed by atoms with Crippen LogP contribution in [0.4, 0.5) is 0 Å². The van der Waals surface area contributed by atoms with Crippen LogP contribution >= 0.6 is 22.6 Å². The number of nitrogens with one attached hydrogen (secondary N) is 1. The van der Waals surface area contributed by atoms with Crippen molar-refractivity contribution in [2.75, 3.05) is 6.61 Å². The van der Waals surface area contributed by atoms with Gasteiger partial charge in [-0.1, -0.05) is 6.07 Å². The summed E-state index contributed by atoms with van der Waals surface area (Å²) in [6.45, 7) is -0.634. The Hall–Kier alpha value is -1.15. The van der Waals surface area contributed by atoms with Gasteiger partial charge in [-0.15, -0.1) is 0 Å². The van der Waals surface area contributed by atoms with Crippen molar-refractivity contribution < 1.29 is 19.8 Å². The van der Waals surface area contributed by atoms with Gasteiger partial charge in [0.2, 0.25) is 0 Å². The number of aliphatic hydroxyl groups excluding tert-OH is 1. The minimum absolute atomic E-state index is 0.367. The molecule has 1 aromatic rings. The van der Waals surface area contributed by atoms with Crippen molar-refractivity contribution in [2.24, 2.45) is 0 Å². The van der Waals surface area contributed by atoms with E-state index in [1.807, 2.05) is 28.7 Å². The van der Waals surface area contributed by atoms with Crippen LogP contribution in [0.25, 0.3) is 0 Å². The van der Waals surface area contributed by atoms with E-state index in [9.17, 15) is 9.59 Å². The summed E-state index contributed by atoms with van der Waals surface area (Å²) in [4.78, 5) is 22.2. The van der Waals surface area contributed by atoms with Crippen LogP contribution in [0.5, 0.6) is 0 Å². The SMILES string of the molecule is O=C(NC(CO)C(=O)O)c1cccc(I)c1. The Labute approximate surface area is 106 Å². The first-order valence-electron chi connectivity index (χ1n) is 4.44. The van der Waals surface area contributed by atoms with Crippen molar-refractivity contribution >= 4 is 34.5 Å². The highest BCUT2D eigenvalue weighted by atomic mass is 127. The highest BCUT2D eigenvalue weighted by Gasteiger charge is 2.19. The second-order valence-corrected chi connectivity index (χ2v) is 4.30. The van der Waals surface area contributed by atoms with Crippen LogP contribution in [0.15, 0.2) is 24.3 Å². The molecule has 6 heteroatoms. The lowest BCUT2D eigenvalue weighted by Gasteiger charge is -2.11. The number of carboxylic acids is 1. The zero-order valence-electron chi connectivity index (χ0n) is 8.18. The number of amides is 1. The number of halogens is 1. The molecule has 3 N–H and O–H groups in total. The maximum atomic E-state index is 11.6. The fourth-order valence-corrected chi connectivity index (χ4v) is 1.60. The van der Waals surface area contributed by atoms with Crippen molar-refractivity contribution in [3.8, 4) is 0 Å². The maximum absolute atomic E-state index is 11.6. The second-order valence-electron chi connectivity index (χ2n) is 3.06. The second kappa shape index (κ2) is 5.80. The summed E-state index contributed by atoms with van der Waals surface area (Å²) in [5, 5.41) is 19.6. The number of aliphatic hydroxyl groups is 1. The first kappa shape index (κ1) is 12.9. The Kier molecular flexibility index (Phi) is 4.69. The van der Waals surface area contributed by atoms with Crippen molar-refractivity contribution in [3.05, 3.63) is 33.4 Å². The molecule has 16 heavy (non-hydrogen) atoms. The minimum atomic E-state index is -1.27. The van der Waals surface area contributed by atoms with Gasteiger partial charge in [-0.3, -0.25) is 4.79 Å². The number of carbonyl (C=O) groups is 2. The van der Waals surface area contributed by atoms with E-state index in [-0.39, 0.29) is 0 Å². The summed E-state index contributed by atoms with van der Waals surface area (Å²) >= 11 is 2.05. The molecule has 0 saturated heterocycles. The molecule has 86 valence electrons. The molecule has 0 saturated carbocycles. The van der Waals surface area contributed by atoms with Gasteiger partial charge in [-0.25, -0.2) is 4.79 Å². The molecule has 1 unspecified atom stereocenters. The zero-order chi connectivity index (χ0) is 12.1. The normalized spacial score (nSPS) is 11.9. The summed E-state index contributed by atoms with van der Waals surface area (Å²) in [6.07, 6.45) is 0. The number of carboxylic acid groups (broad SMARTS) is 1. The molecular formula is C10H10INO4. The van der Waals surface area contributed by atoms with Gasteiger partial charge in [0.05, 0.1) is 6.61 Å². The molecule has 0 radical (unpaired) electrons. The first-order valence-corrected chi connectivity index (χ1v) is 5.52. The van der Waals surface area contributed by atoms with Gasteiger partial charge in [0.25, 0.3) is 5.91 Å². The van der Waals surface area contributed by atoms with Gasteiger partial charge in [0.15, 0.2) is 6.04 Å². The lowest BCUT2D eigenvalue weighted by molar-refractivity contribution is -0.140. The van der Waals surface area contributed by atoms with Gasteiger partial charge in [-0.2, -0.15) is 0 Å². The largest absolute Gasteiger partial charge is 0.480 e. The topological polar surface area (TPSA) is 86.6 Å². The highest BCUT2D eigenvalue weighted by Crippen LogP contribution is 2.07. The highest BCUT2D eigenvalue weighted by molar-refractivity contribution is 14.1. The van der Waals surface area contributed by atoms with Crippen LogP contribution < -0.4 is 5.32 Å². The number of hydrogen-bond acceptors (Lipinski definition) is 3. The number of hydrogen-bond donors (Lipinski definition) is 3. The zero-order valence-corrected chi connectivity index (χ0v) is 10.3. The molecule has 0 spiro atoms. The Bertz CT molecular complexity index is 408. The van der Waals surface area contributed by atoms with E-state index in [0.29, 0.717) is 5.56 Å². The number of aliphatic carboxylic acids is 1. The molecule has 0 aliphatic rings. The van der Waals surface area contributed by atoms with Gasteiger partial charge in [-0.05, 0) is 40.8 Å². The van der Waals surface area contributed by atoms with Crippen molar-refractivity contribution in [1.82, 2.24) is 5.32 Å². The van der Waals surface area contributed by atoms with Crippen LogP contribution in [0.3, 0.4) is 0 Å². The van der Waals surface area contributed by atoms with Gasteiger partial charge >= 0.3 is 5.97 Å². The predicted octanol–water partition coefficient (Wildman–Crippen LogP) is 0.466. The Morgan fingerprint density at radius 1 is 1.44 bits per heavy atom. The monoisotopic (exact) mass is 335 g/mol. The molecule has 0 fully saturated rings. The van der Waals surface area contributed by atoms with Gasteiger partial charge < -0.3 is 15.5 Å². The van der Waals surface area contributed by atoms with Crippen LogP contribution in [-0.4, -0.2) is 34.7 Å². The van der Waals surface area contributed by atoms with E-state index in [1.54, 1.807) is 18.2 Å². The van der Waals surface area contributed by atoms with Crippen LogP contribution in [0.2, 0.25) is 0 Å². The molecule has 5 nitrogen and oxygen atoms in total. The molecule has 1 atom stereocenters. The molecule has 1 amide bonds. The molecule has 0 aliphatic carbocycles. The molecule has 0 aliphatic heterocycles. The maximum Gasteiger partial charge on any atom is 0.328 e. The van der Waals surface area contributed by atoms with Crippen LogP contribution in [0.1, 0.15) is 10.4 Å². The lowest BCUT2D eigenvalue weighted by atomic mass is 10.2. The number of benzene rings is 1. The fourth-order valence-electron chi connectivity index (χ4n) is 1.06.